The molecule has 1 spiro atoms. The Kier molecular flexibility index (Phi) is 4.91. The maximum absolute atomic E-state index is 12.5. The fraction of sp³-hybridized carbons (Fsp3) is 0.562. The van der Waals surface area contributed by atoms with E-state index in [0.29, 0.717) is 0 Å². The molecule has 2 unspecified atom stereocenters. The summed E-state index contributed by atoms with van der Waals surface area (Å²) in [5, 5.41) is 0. The van der Waals surface area contributed by atoms with Crippen molar-refractivity contribution in [3.8, 4) is 0 Å². The van der Waals surface area contributed by atoms with Gasteiger partial charge in [-0.1, -0.05) is 29.8 Å². The first-order valence-corrected chi connectivity index (χ1v) is 7.28. The van der Waals surface area contributed by atoms with Crippen molar-refractivity contribution < 1.29 is 9.53 Å². The van der Waals surface area contributed by atoms with Crippen LogP contribution in [0.15, 0.2) is 24.3 Å². The van der Waals surface area contributed by atoms with Gasteiger partial charge in [0.25, 0.3) is 0 Å². The number of hydrogen-bond donors (Lipinski definition) is 1. The number of carbonyl (C=O) groups is 1. The Morgan fingerprint density at radius 3 is 2.67 bits per heavy atom. The van der Waals surface area contributed by atoms with Gasteiger partial charge in [-0.3, -0.25) is 4.79 Å². The molecule has 3 rings (SSSR count). The van der Waals surface area contributed by atoms with E-state index in [1.54, 1.807) is 0 Å². The van der Waals surface area contributed by atoms with Crippen LogP contribution in [0.5, 0.6) is 0 Å². The Morgan fingerprint density at radius 2 is 2.05 bits per heavy atom. The predicted molar refractivity (Wildman–Crippen MR) is 84.4 cm³/mol. The van der Waals surface area contributed by atoms with E-state index in [9.17, 15) is 4.79 Å². The number of likely N-dealkylation sites (tertiary alicyclic amines) is 1. The van der Waals surface area contributed by atoms with Crippen molar-refractivity contribution in [1.29, 1.82) is 0 Å². The van der Waals surface area contributed by atoms with Crippen LogP contribution >= 0.6 is 12.4 Å². The quantitative estimate of drug-likeness (QED) is 0.909. The van der Waals surface area contributed by atoms with Gasteiger partial charge in [-0.25, -0.2) is 0 Å². The van der Waals surface area contributed by atoms with E-state index in [1.807, 2.05) is 36.1 Å². The van der Waals surface area contributed by atoms with Crippen molar-refractivity contribution in [3.05, 3.63) is 35.4 Å². The van der Waals surface area contributed by atoms with Gasteiger partial charge < -0.3 is 15.4 Å². The third-order valence-corrected chi connectivity index (χ3v) is 4.64. The molecular formula is C16H23ClN2O2. The van der Waals surface area contributed by atoms with Gasteiger partial charge in [0.05, 0.1) is 6.61 Å². The minimum atomic E-state index is -0.548. The number of halogens is 1. The summed E-state index contributed by atoms with van der Waals surface area (Å²) in [6, 6.07) is 7.34. The van der Waals surface area contributed by atoms with Crippen LogP contribution < -0.4 is 5.73 Å². The predicted octanol–water partition coefficient (Wildman–Crippen LogP) is 2.06. The summed E-state index contributed by atoms with van der Waals surface area (Å²) in [6.45, 7) is 5.25. The van der Waals surface area contributed by atoms with E-state index in [0.717, 1.165) is 44.7 Å². The summed E-state index contributed by atoms with van der Waals surface area (Å²) in [6.07, 6.45) is 2.11. The molecule has 2 heterocycles. The van der Waals surface area contributed by atoms with Gasteiger partial charge in [-0.05, 0) is 25.3 Å². The number of nitrogens with two attached hydrogens (primary N) is 1. The first-order chi connectivity index (χ1) is 9.60. The summed E-state index contributed by atoms with van der Waals surface area (Å²) in [5.74, 6) is 0.0395. The van der Waals surface area contributed by atoms with Crippen LogP contribution in [0, 0.1) is 12.3 Å². The van der Waals surface area contributed by atoms with Crippen molar-refractivity contribution >= 4 is 18.3 Å². The normalized spacial score (nSPS) is 25.9. The molecule has 0 radical (unpaired) electrons. The minimum Gasteiger partial charge on any atom is -0.381 e. The van der Waals surface area contributed by atoms with Crippen LogP contribution in [-0.2, 0) is 9.53 Å². The highest BCUT2D eigenvalue weighted by Gasteiger charge is 2.43. The molecule has 0 saturated carbocycles. The van der Waals surface area contributed by atoms with Crippen molar-refractivity contribution in [1.82, 2.24) is 4.90 Å². The molecule has 2 fully saturated rings. The van der Waals surface area contributed by atoms with Crippen LogP contribution in [0.25, 0.3) is 0 Å². The Balaban J connectivity index is 0.00000161. The fourth-order valence-electron chi connectivity index (χ4n) is 3.21. The molecule has 2 saturated heterocycles. The Hall–Kier alpha value is -1.10. The van der Waals surface area contributed by atoms with E-state index >= 15 is 0 Å². The highest BCUT2D eigenvalue weighted by atomic mass is 35.5. The lowest BCUT2D eigenvalue weighted by atomic mass is 9.87. The highest BCUT2D eigenvalue weighted by Crippen LogP contribution is 2.38. The van der Waals surface area contributed by atoms with Gasteiger partial charge in [-0.15, -0.1) is 12.4 Å². The molecule has 1 aromatic rings. The minimum absolute atomic E-state index is 0. The number of nitrogens with zero attached hydrogens (tertiary/aromatic N) is 1. The average Bonchev–Trinajstić information content (AvgIpc) is 3.09. The second kappa shape index (κ2) is 6.34. The molecule has 1 aromatic carbocycles. The number of ether oxygens (including phenoxy) is 1. The molecule has 116 valence electrons. The van der Waals surface area contributed by atoms with Crippen molar-refractivity contribution in [3.63, 3.8) is 0 Å². The monoisotopic (exact) mass is 310 g/mol. The summed E-state index contributed by atoms with van der Waals surface area (Å²) in [7, 11) is 0. The van der Waals surface area contributed by atoms with E-state index in [4.69, 9.17) is 10.5 Å². The van der Waals surface area contributed by atoms with Crippen molar-refractivity contribution in [2.24, 2.45) is 11.1 Å². The molecule has 0 aliphatic carbocycles. The number of rotatable bonds is 2. The molecular weight excluding hydrogens is 288 g/mol. The molecule has 1 amide bonds. The van der Waals surface area contributed by atoms with E-state index in [-0.39, 0.29) is 23.7 Å². The third-order valence-electron chi connectivity index (χ3n) is 4.64. The zero-order chi connectivity index (χ0) is 14.2. The summed E-state index contributed by atoms with van der Waals surface area (Å²) in [5.41, 5.74) is 8.40. The molecule has 2 aliphatic heterocycles. The first kappa shape index (κ1) is 16.3. The van der Waals surface area contributed by atoms with Gasteiger partial charge in [0, 0.05) is 25.1 Å². The van der Waals surface area contributed by atoms with E-state index < -0.39 is 6.04 Å². The smallest absolute Gasteiger partial charge is 0.244 e. The summed E-state index contributed by atoms with van der Waals surface area (Å²) < 4.78 is 5.50. The number of hydrogen-bond acceptors (Lipinski definition) is 3. The fourth-order valence-corrected chi connectivity index (χ4v) is 3.21. The van der Waals surface area contributed by atoms with Crippen LogP contribution in [0.2, 0.25) is 0 Å². The lowest BCUT2D eigenvalue weighted by molar-refractivity contribution is -0.132. The highest BCUT2D eigenvalue weighted by molar-refractivity contribution is 5.85. The zero-order valence-corrected chi connectivity index (χ0v) is 13.2. The molecule has 2 aliphatic rings. The summed E-state index contributed by atoms with van der Waals surface area (Å²) >= 11 is 0. The van der Waals surface area contributed by atoms with Crippen molar-refractivity contribution in [2.45, 2.75) is 25.8 Å². The van der Waals surface area contributed by atoms with Crippen LogP contribution in [-0.4, -0.2) is 37.1 Å². The maximum Gasteiger partial charge on any atom is 0.244 e. The molecule has 21 heavy (non-hydrogen) atoms. The molecule has 2 atom stereocenters. The lowest BCUT2D eigenvalue weighted by Gasteiger charge is -2.24. The number of amides is 1. The Bertz CT molecular complexity index is 498. The average molecular weight is 311 g/mol. The second-order valence-corrected chi connectivity index (χ2v) is 6.20. The van der Waals surface area contributed by atoms with E-state index in [2.05, 4.69) is 0 Å². The molecule has 4 nitrogen and oxygen atoms in total. The van der Waals surface area contributed by atoms with Gasteiger partial charge in [-0.2, -0.15) is 0 Å². The second-order valence-electron chi connectivity index (χ2n) is 6.20. The van der Waals surface area contributed by atoms with Crippen LogP contribution in [0.3, 0.4) is 0 Å². The topological polar surface area (TPSA) is 55.6 Å². The lowest BCUT2D eigenvalue weighted by Crippen LogP contribution is -2.38. The van der Waals surface area contributed by atoms with E-state index in [1.165, 1.54) is 5.56 Å². The van der Waals surface area contributed by atoms with Crippen LogP contribution in [0.4, 0.5) is 0 Å². The van der Waals surface area contributed by atoms with Crippen LogP contribution in [0.1, 0.15) is 30.0 Å². The van der Waals surface area contributed by atoms with Gasteiger partial charge >= 0.3 is 0 Å². The van der Waals surface area contributed by atoms with Gasteiger partial charge in [0.2, 0.25) is 5.91 Å². The van der Waals surface area contributed by atoms with Crippen molar-refractivity contribution in [2.75, 3.05) is 26.3 Å². The standard InChI is InChI=1S/C16H22N2O2.ClH/c1-12-2-4-13(5-3-12)14(17)15(19)18-8-6-16(10-18)7-9-20-11-16;/h2-5,14H,6-11,17H2,1H3;1H. The Morgan fingerprint density at radius 1 is 1.33 bits per heavy atom. The Labute approximate surface area is 132 Å². The number of aryl methyl sites for hydroxylation is 1. The molecule has 0 aromatic heterocycles. The first-order valence-electron chi connectivity index (χ1n) is 7.28. The third kappa shape index (κ3) is 3.23. The molecule has 2 N–H and O–H groups in total. The van der Waals surface area contributed by atoms with Gasteiger partial charge in [0.15, 0.2) is 0 Å². The number of carbonyl (C=O) groups excluding carboxylic acids is 1. The zero-order valence-electron chi connectivity index (χ0n) is 12.4. The molecule has 0 bridgehead atoms. The largest absolute Gasteiger partial charge is 0.381 e. The summed E-state index contributed by atoms with van der Waals surface area (Å²) in [4.78, 5) is 14.4. The SMILES string of the molecule is Cc1ccc(C(N)C(=O)N2CCC3(CCOC3)C2)cc1.Cl. The number of benzene rings is 1. The maximum atomic E-state index is 12.5. The van der Waals surface area contributed by atoms with Gasteiger partial charge in [0.1, 0.15) is 6.04 Å². The molecule has 5 heteroatoms.